The fourth-order valence-electron chi connectivity index (χ4n) is 4.36. The van der Waals surface area contributed by atoms with E-state index in [1.165, 1.54) is 41.3 Å². The summed E-state index contributed by atoms with van der Waals surface area (Å²) in [5, 5.41) is 23.2. The monoisotopic (exact) mass is 453 g/mol. The fourth-order valence-corrected chi connectivity index (χ4v) is 4.36. The second-order valence-electron chi connectivity index (χ2n) is 8.21. The molecule has 0 aromatic heterocycles. The Morgan fingerprint density at radius 2 is 1.59 bits per heavy atom. The number of aliphatic hydroxyl groups is 1. The number of ketones is 1. The van der Waals surface area contributed by atoms with Gasteiger partial charge < -0.3 is 15.1 Å². The lowest BCUT2D eigenvalue weighted by Crippen LogP contribution is -2.29. The molecule has 0 spiro atoms. The number of Topliss-reactive ketones (excluding diaryl/α,β-unsaturated/α-hetero) is 1. The van der Waals surface area contributed by atoms with E-state index < -0.39 is 23.5 Å². The second-order valence-corrected chi connectivity index (χ2v) is 8.21. The number of aliphatic hydroxyl groups excluding tert-OH is 1. The quantitative estimate of drug-likeness (QED) is 0.250. The number of phenols is 1. The number of halogens is 1. The number of likely N-dealkylation sites (tertiary alicyclic amines) is 1. The summed E-state index contributed by atoms with van der Waals surface area (Å²) in [5.41, 5.74) is 1.44. The topological polar surface area (TPSA) is 77.8 Å². The predicted octanol–water partition coefficient (Wildman–Crippen LogP) is 5.31. The Labute approximate surface area is 195 Å². The van der Waals surface area contributed by atoms with Crippen LogP contribution in [0.2, 0.25) is 0 Å². The molecule has 5 nitrogen and oxygen atoms in total. The standard InChI is InChI=1S/C28H20FNO4/c29-22-12-8-17(9-13-22)16-30-25(20-6-3-7-23(31)15-20)24(27(33)28(30)34)26(32)21-11-10-18-4-1-2-5-19(18)14-21/h1-15,25,31-32H,16H2/b26-24-. The average molecular weight is 453 g/mol. The van der Waals surface area contributed by atoms with Gasteiger partial charge in [-0.1, -0.05) is 60.7 Å². The third-order valence-electron chi connectivity index (χ3n) is 6.01. The van der Waals surface area contributed by atoms with Crippen LogP contribution in [-0.4, -0.2) is 26.8 Å². The van der Waals surface area contributed by atoms with Crippen molar-refractivity contribution in [2.75, 3.05) is 0 Å². The molecule has 4 aromatic rings. The van der Waals surface area contributed by atoms with E-state index in [0.29, 0.717) is 16.7 Å². The number of nitrogens with zero attached hydrogens (tertiary/aromatic N) is 1. The van der Waals surface area contributed by atoms with Crippen molar-refractivity contribution in [3.63, 3.8) is 0 Å². The minimum atomic E-state index is -0.927. The molecule has 1 aliphatic rings. The molecule has 1 unspecified atom stereocenters. The van der Waals surface area contributed by atoms with Crippen molar-refractivity contribution < 1.29 is 24.2 Å². The van der Waals surface area contributed by atoms with Gasteiger partial charge in [-0.05, 0) is 52.2 Å². The Morgan fingerprint density at radius 3 is 2.32 bits per heavy atom. The first-order valence-corrected chi connectivity index (χ1v) is 10.7. The van der Waals surface area contributed by atoms with Crippen LogP contribution >= 0.6 is 0 Å². The van der Waals surface area contributed by atoms with Crippen LogP contribution < -0.4 is 0 Å². The fraction of sp³-hybridized carbons (Fsp3) is 0.0714. The third kappa shape index (κ3) is 3.79. The normalized spacial score (nSPS) is 17.4. The van der Waals surface area contributed by atoms with Gasteiger partial charge >= 0.3 is 0 Å². The van der Waals surface area contributed by atoms with E-state index in [1.807, 2.05) is 30.3 Å². The molecule has 168 valence electrons. The van der Waals surface area contributed by atoms with Crippen LogP contribution in [0.25, 0.3) is 16.5 Å². The number of carbonyl (C=O) groups is 2. The van der Waals surface area contributed by atoms with Gasteiger partial charge in [0.1, 0.15) is 17.3 Å². The summed E-state index contributed by atoms with van der Waals surface area (Å²) in [6.07, 6.45) is 0. The number of phenolic OH excluding ortho intramolecular Hbond substituents is 1. The van der Waals surface area contributed by atoms with Crippen LogP contribution in [0.1, 0.15) is 22.7 Å². The van der Waals surface area contributed by atoms with Crippen molar-refractivity contribution in [3.05, 3.63) is 119 Å². The summed E-state index contributed by atoms with van der Waals surface area (Å²) >= 11 is 0. The Hall–Kier alpha value is -4.45. The number of hydrogen-bond acceptors (Lipinski definition) is 4. The lowest BCUT2D eigenvalue weighted by Gasteiger charge is -2.25. The summed E-state index contributed by atoms with van der Waals surface area (Å²) in [5.74, 6) is -2.33. The minimum absolute atomic E-state index is 0.0275. The molecule has 2 N–H and O–H groups in total. The molecule has 1 amide bonds. The van der Waals surface area contributed by atoms with Gasteiger partial charge in [0.05, 0.1) is 11.6 Å². The third-order valence-corrected chi connectivity index (χ3v) is 6.01. The van der Waals surface area contributed by atoms with Gasteiger partial charge in [-0.25, -0.2) is 4.39 Å². The van der Waals surface area contributed by atoms with Crippen molar-refractivity contribution in [1.82, 2.24) is 4.90 Å². The van der Waals surface area contributed by atoms with E-state index in [2.05, 4.69) is 0 Å². The van der Waals surface area contributed by atoms with Crippen molar-refractivity contribution in [3.8, 4) is 5.75 Å². The zero-order valence-electron chi connectivity index (χ0n) is 18.0. The zero-order chi connectivity index (χ0) is 23.8. The molecule has 34 heavy (non-hydrogen) atoms. The molecule has 4 aromatic carbocycles. The first-order chi connectivity index (χ1) is 16.4. The lowest BCUT2D eigenvalue weighted by atomic mass is 9.94. The Bertz CT molecular complexity index is 1460. The van der Waals surface area contributed by atoms with Crippen molar-refractivity contribution in [2.24, 2.45) is 0 Å². The molecular formula is C28H20FNO4. The molecule has 1 fully saturated rings. The number of aromatic hydroxyl groups is 1. The summed E-state index contributed by atoms with van der Waals surface area (Å²) < 4.78 is 13.4. The van der Waals surface area contributed by atoms with Crippen LogP contribution in [0.4, 0.5) is 4.39 Å². The molecule has 1 aliphatic heterocycles. The maximum atomic E-state index is 13.4. The first-order valence-electron chi connectivity index (χ1n) is 10.7. The van der Waals surface area contributed by atoms with E-state index in [1.54, 1.807) is 24.3 Å². The van der Waals surface area contributed by atoms with E-state index in [-0.39, 0.29) is 23.6 Å². The van der Waals surface area contributed by atoms with E-state index in [9.17, 15) is 24.2 Å². The highest BCUT2D eigenvalue weighted by Crippen LogP contribution is 2.41. The summed E-state index contributed by atoms with van der Waals surface area (Å²) in [4.78, 5) is 27.6. The van der Waals surface area contributed by atoms with Gasteiger partial charge in [-0.15, -0.1) is 0 Å². The van der Waals surface area contributed by atoms with E-state index in [4.69, 9.17) is 0 Å². The van der Waals surface area contributed by atoms with Crippen molar-refractivity contribution >= 4 is 28.2 Å². The van der Waals surface area contributed by atoms with Crippen LogP contribution in [-0.2, 0) is 16.1 Å². The Balaban J connectivity index is 1.66. The predicted molar refractivity (Wildman–Crippen MR) is 126 cm³/mol. The first kappa shape index (κ1) is 21.4. The van der Waals surface area contributed by atoms with Crippen LogP contribution in [0.3, 0.4) is 0 Å². The van der Waals surface area contributed by atoms with Gasteiger partial charge in [0.15, 0.2) is 0 Å². The number of hydrogen-bond donors (Lipinski definition) is 2. The van der Waals surface area contributed by atoms with Crippen LogP contribution in [0.15, 0.2) is 96.6 Å². The molecule has 6 heteroatoms. The summed E-state index contributed by atoms with van der Waals surface area (Å²) in [7, 11) is 0. The maximum Gasteiger partial charge on any atom is 0.295 e. The Morgan fingerprint density at radius 1 is 0.853 bits per heavy atom. The van der Waals surface area contributed by atoms with Gasteiger partial charge in [0.2, 0.25) is 0 Å². The molecule has 1 heterocycles. The van der Waals surface area contributed by atoms with Crippen LogP contribution in [0.5, 0.6) is 5.75 Å². The number of benzene rings is 4. The molecular weight excluding hydrogens is 433 g/mol. The average Bonchev–Trinajstić information content (AvgIpc) is 3.09. The number of rotatable bonds is 4. The molecule has 0 radical (unpaired) electrons. The molecule has 1 atom stereocenters. The van der Waals surface area contributed by atoms with E-state index in [0.717, 1.165) is 10.8 Å². The van der Waals surface area contributed by atoms with Crippen molar-refractivity contribution in [2.45, 2.75) is 12.6 Å². The van der Waals surface area contributed by atoms with Gasteiger partial charge in [-0.2, -0.15) is 0 Å². The highest BCUT2D eigenvalue weighted by atomic mass is 19.1. The van der Waals surface area contributed by atoms with Crippen LogP contribution in [0, 0.1) is 5.82 Å². The molecule has 0 bridgehead atoms. The zero-order valence-corrected chi connectivity index (χ0v) is 18.0. The number of carbonyl (C=O) groups excluding carboxylic acids is 2. The van der Waals surface area contributed by atoms with E-state index >= 15 is 0 Å². The number of fused-ring (bicyclic) bond motifs is 1. The maximum absolute atomic E-state index is 13.4. The summed E-state index contributed by atoms with van der Waals surface area (Å²) in [6, 6.07) is 23.9. The Kier molecular flexibility index (Phi) is 5.34. The summed E-state index contributed by atoms with van der Waals surface area (Å²) in [6.45, 7) is 0.0275. The highest BCUT2D eigenvalue weighted by molar-refractivity contribution is 6.46. The molecule has 1 saturated heterocycles. The lowest BCUT2D eigenvalue weighted by molar-refractivity contribution is -0.140. The molecule has 0 aliphatic carbocycles. The SMILES string of the molecule is O=C1C(=O)N(Cc2ccc(F)cc2)C(c2cccc(O)c2)/C1=C(/O)c1ccc2ccccc2c1. The number of amides is 1. The van der Waals surface area contributed by atoms with Gasteiger partial charge in [0, 0.05) is 12.1 Å². The van der Waals surface area contributed by atoms with Gasteiger partial charge in [-0.3, -0.25) is 9.59 Å². The highest BCUT2D eigenvalue weighted by Gasteiger charge is 2.46. The van der Waals surface area contributed by atoms with Gasteiger partial charge in [0.25, 0.3) is 11.7 Å². The molecule has 5 rings (SSSR count). The molecule has 0 saturated carbocycles. The van der Waals surface area contributed by atoms with Crippen molar-refractivity contribution in [1.29, 1.82) is 0 Å². The minimum Gasteiger partial charge on any atom is -0.508 e. The second kappa shape index (κ2) is 8.48. The smallest absolute Gasteiger partial charge is 0.295 e. The largest absolute Gasteiger partial charge is 0.508 e.